The Morgan fingerprint density at radius 2 is 2.19 bits per heavy atom. The van der Waals surface area contributed by atoms with Gasteiger partial charge >= 0.3 is 0 Å². The Labute approximate surface area is 125 Å². The number of ether oxygens (including phenoxy) is 1. The molecule has 0 radical (unpaired) electrons. The lowest BCUT2D eigenvalue weighted by Crippen LogP contribution is -2.34. The lowest BCUT2D eigenvalue weighted by Gasteiger charge is -2.19. The molecule has 1 amide bonds. The monoisotopic (exact) mass is 294 g/mol. The van der Waals surface area contributed by atoms with Crippen molar-refractivity contribution >= 4 is 5.91 Å². The maximum Gasteiger partial charge on any atom is 0.223 e. The molecule has 1 unspecified atom stereocenters. The molecular weight excluding hydrogens is 271 g/mol. The van der Waals surface area contributed by atoms with Crippen LogP contribution in [0.15, 0.2) is 24.3 Å². The van der Waals surface area contributed by atoms with Crippen molar-refractivity contribution in [2.24, 2.45) is 0 Å². The molecule has 0 spiro atoms. The number of amides is 1. The molecular formula is C16H23FN2O2. The normalized spacial score (nSPS) is 17.7. The van der Waals surface area contributed by atoms with Crippen molar-refractivity contribution in [3.8, 4) is 5.75 Å². The summed E-state index contributed by atoms with van der Waals surface area (Å²) in [5.74, 6) is 0.560. The third-order valence-corrected chi connectivity index (χ3v) is 3.73. The van der Waals surface area contributed by atoms with Gasteiger partial charge in [-0.05, 0) is 50.1 Å². The zero-order valence-corrected chi connectivity index (χ0v) is 12.5. The van der Waals surface area contributed by atoms with Gasteiger partial charge in [0.15, 0.2) is 0 Å². The summed E-state index contributed by atoms with van der Waals surface area (Å²) in [6, 6.07) is 6.31. The Morgan fingerprint density at radius 3 is 2.86 bits per heavy atom. The van der Waals surface area contributed by atoms with Gasteiger partial charge < -0.3 is 15.0 Å². The second kappa shape index (κ2) is 7.98. The van der Waals surface area contributed by atoms with Gasteiger partial charge in [-0.3, -0.25) is 4.79 Å². The molecule has 5 heteroatoms. The molecule has 1 N–H and O–H groups in total. The van der Waals surface area contributed by atoms with Crippen molar-refractivity contribution in [3.63, 3.8) is 0 Å². The summed E-state index contributed by atoms with van der Waals surface area (Å²) >= 11 is 0. The predicted molar refractivity (Wildman–Crippen MR) is 79.8 cm³/mol. The molecule has 4 nitrogen and oxygen atoms in total. The lowest BCUT2D eigenvalue weighted by molar-refractivity contribution is -0.130. The van der Waals surface area contributed by atoms with Crippen LogP contribution in [0.3, 0.4) is 0 Å². The number of hydrogen-bond donors (Lipinski definition) is 1. The van der Waals surface area contributed by atoms with Crippen LogP contribution in [0.1, 0.15) is 25.7 Å². The molecule has 1 heterocycles. The van der Waals surface area contributed by atoms with Gasteiger partial charge in [-0.25, -0.2) is 4.39 Å². The predicted octanol–water partition coefficient (Wildman–Crippen LogP) is 2.20. The van der Waals surface area contributed by atoms with Gasteiger partial charge in [0.25, 0.3) is 0 Å². The van der Waals surface area contributed by atoms with E-state index in [9.17, 15) is 9.18 Å². The van der Waals surface area contributed by atoms with E-state index in [-0.39, 0.29) is 11.7 Å². The molecule has 1 aromatic carbocycles. The molecule has 1 saturated heterocycles. The lowest BCUT2D eigenvalue weighted by atomic mass is 10.1. The third-order valence-electron chi connectivity index (χ3n) is 3.73. The van der Waals surface area contributed by atoms with Gasteiger partial charge in [0.2, 0.25) is 5.91 Å². The second-order valence-corrected chi connectivity index (χ2v) is 5.47. The van der Waals surface area contributed by atoms with Gasteiger partial charge in [-0.15, -0.1) is 0 Å². The fourth-order valence-electron chi connectivity index (χ4n) is 2.44. The highest BCUT2D eigenvalue weighted by Gasteiger charge is 2.19. The first kappa shape index (κ1) is 15.8. The molecule has 0 saturated carbocycles. The van der Waals surface area contributed by atoms with Crippen molar-refractivity contribution in [2.75, 3.05) is 26.7 Å². The van der Waals surface area contributed by atoms with Gasteiger partial charge in [0.05, 0.1) is 6.61 Å². The number of rotatable bonds is 7. The average Bonchev–Trinajstić information content (AvgIpc) is 2.98. The highest BCUT2D eigenvalue weighted by Crippen LogP contribution is 2.12. The summed E-state index contributed by atoms with van der Waals surface area (Å²) in [6.07, 6.45) is 3.59. The van der Waals surface area contributed by atoms with E-state index in [1.165, 1.54) is 12.1 Å². The minimum Gasteiger partial charge on any atom is -0.494 e. The number of carbonyl (C=O) groups excluding carboxylic acids is 1. The Morgan fingerprint density at radius 1 is 1.43 bits per heavy atom. The molecule has 1 aromatic rings. The summed E-state index contributed by atoms with van der Waals surface area (Å²) in [7, 11) is 1.83. The van der Waals surface area contributed by atoms with Crippen molar-refractivity contribution in [2.45, 2.75) is 31.7 Å². The minimum absolute atomic E-state index is 0.177. The smallest absolute Gasteiger partial charge is 0.223 e. The van der Waals surface area contributed by atoms with Crippen LogP contribution in [0.25, 0.3) is 0 Å². The van der Waals surface area contributed by atoms with E-state index < -0.39 is 0 Å². The van der Waals surface area contributed by atoms with Crippen molar-refractivity contribution in [1.82, 2.24) is 10.2 Å². The first-order chi connectivity index (χ1) is 10.1. The number of nitrogens with one attached hydrogen (secondary N) is 1. The molecule has 0 aromatic heterocycles. The molecule has 1 atom stereocenters. The third kappa shape index (κ3) is 5.34. The molecule has 1 fully saturated rings. The van der Waals surface area contributed by atoms with Crippen LogP contribution in [-0.4, -0.2) is 43.6 Å². The fraction of sp³-hybridized carbons (Fsp3) is 0.562. The van der Waals surface area contributed by atoms with Crippen molar-refractivity contribution in [1.29, 1.82) is 0 Å². The van der Waals surface area contributed by atoms with Gasteiger partial charge in [-0.2, -0.15) is 0 Å². The summed E-state index contributed by atoms with van der Waals surface area (Å²) < 4.78 is 18.2. The van der Waals surface area contributed by atoms with E-state index in [0.29, 0.717) is 31.4 Å². The number of nitrogens with zero attached hydrogens (tertiary/aromatic N) is 1. The van der Waals surface area contributed by atoms with E-state index in [2.05, 4.69) is 5.32 Å². The summed E-state index contributed by atoms with van der Waals surface area (Å²) in [6.45, 7) is 2.21. The van der Waals surface area contributed by atoms with E-state index in [4.69, 9.17) is 4.74 Å². The first-order valence-electron chi connectivity index (χ1n) is 7.51. The van der Waals surface area contributed by atoms with Crippen molar-refractivity contribution in [3.05, 3.63) is 30.1 Å². The number of halogens is 1. The van der Waals surface area contributed by atoms with Crippen LogP contribution in [-0.2, 0) is 4.79 Å². The highest BCUT2D eigenvalue weighted by atomic mass is 19.1. The zero-order chi connectivity index (χ0) is 15.1. The molecule has 0 bridgehead atoms. The van der Waals surface area contributed by atoms with Crippen LogP contribution in [0, 0.1) is 5.82 Å². The molecule has 1 aliphatic heterocycles. The molecule has 0 aliphatic carbocycles. The highest BCUT2D eigenvalue weighted by molar-refractivity contribution is 5.76. The van der Waals surface area contributed by atoms with E-state index >= 15 is 0 Å². The molecule has 1 aliphatic rings. The van der Waals surface area contributed by atoms with Crippen LogP contribution < -0.4 is 10.1 Å². The van der Waals surface area contributed by atoms with Gasteiger partial charge in [-0.1, -0.05) is 0 Å². The quantitative estimate of drug-likeness (QED) is 0.784. The van der Waals surface area contributed by atoms with Crippen LogP contribution in [0.4, 0.5) is 4.39 Å². The SMILES string of the molecule is CN(CCCOc1ccc(F)cc1)C(=O)CC1CCCN1. The Kier molecular flexibility index (Phi) is 5.99. The summed E-state index contributed by atoms with van der Waals surface area (Å²) in [5.41, 5.74) is 0. The maximum absolute atomic E-state index is 12.7. The van der Waals surface area contributed by atoms with Crippen LogP contribution >= 0.6 is 0 Å². The molecule has 2 rings (SSSR count). The zero-order valence-electron chi connectivity index (χ0n) is 12.5. The first-order valence-corrected chi connectivity index (χ1v) is 7.51. The second-order valence-electron chi connectivity index (χ2n) is 5.47. The standard InChI is InChI=1S/C16H23FN2O2/c1-19(16(20)12-14-4-2-9-18-14)10-3-11-21-15-7-5-13(17)6-8-15/h5-8,14,18H,2-4,9-12H2,1H3. The maximum atomic E-state index is 12.7. The minimum atomic E-state index is -0.270. The Bertz CT molecular complexity index is 444. The van der Waals surface area contributed by atoms with E-state index in [1.54, 1.807) is 17.0 Å². The van der Waals surface area contributed by atoms with E-state index in [1.807, 2.05) is 7.05 Å². The van der Waals surface area contributed by atoms with E-state index in [0.717, 1.165) is 25.8 Å². The number of hydrogen-bond acceptors (Lipinski definition) is 3. The Hall–Kier alpha value is -1.62. The molecule has 116 valence electrons. The fourth-order valence-corrected chi connectivity index (χ4v) is 2.44. The van der Waals surface area contributed by atoms with Crippen molar-refractivity contribution < 1.29 is 13.9 Å². The van der Waals surface area contributed by atoms with Crippen LogP contribution in [0.5, 0.6) is 5.75 Å². The number of carbonyl (C=O) groups is 1. The summed E-state index contributed by atoms with van der Waals surface area (Å²) in [4.78, 5) is 13.8. The van der Waals surface area contributed by atoms with Gasteiger partial charge in [0, 0.05) is 26.1 Å². The summed E-state index contributed by atoms with van der Waals surface area (Å²) in [5, 5.41) is 3.33. The number of benzene rings is 1. The average molecular weight is 294 g/mol. The Balaban J connectivity index is 1.60. The topological polar surface area (TPSA) is 41.6 Å². The largest absolute Gasteiger partial charge is 0.494 e. The molecule has 21 heavy (non-hydrogen) atoms. The van der Waals surface area contributed by atoms with Gasteiger partial charge in [0.1, 0.15) is 11.6 Å². The van der Waals surface area contributed by atoms with Crippen LogP contribution in [0.2, 0.25) is 0 Å².